The van der Waals surface area contributed by atoms with Crippen molar-refractivity contribution in [2.24, 2.45) is 23.2 Å². The van der Waals surface area contributed by atoms with Crippen molar-refractivity contribution in [2.75, 3.05) is 26.2 Å². The lowest BCUT2D eigenvalue weighted by Gasteiger charge is -2.46. The smallest absolute Gasteiger partial charge is 0.00930 e. The Balaban J connectivity index is 2.67. The van der Waals surface area contributed by atoms with Crippen molar-refractivity contribution in [1.82, 2.24) is 10.2 Å². The zero-order valence-corrected chi connectivity index (χ0v) is 15.7. The van der Waals surface area contributed by atoms with E-state index < -0.39 is 0 Å². The normalized spacial score (nSPS) is 28.3. The molecule has 1 heterocycles. The summed E-state index contributed by atoms with van der Waals surface area (Å²) in [6.45, 7) is 21.5. The van der Waals surface area contributed by atoms with Crippen LogP contribution >= 0.6 is 0 Å². The first-order valence-corrected chi connectivity index (χ1v) is 9.28. The van der Waals surface area contributed by atoms with Crippen LogP contribution in [0.3, 0.4) is 0 Å². The number of nitrogens with zero attached hydrogens (tertiary/aromatic N) is 1. The summed E-state index contributed by atoms with van der Waals surface area (Å²) in [5, 5.41) is 3.73. The maximum Gasteiger partial charge on any atom is 0.00930 e. The Bertz CT molecular complexity index is 283. The highest BCUT2D eigenvalue weighted by Gasteiger charge is 2.35. The molecule has 0 aromatic carbocycles. The number of nitrogens with one attached hydrogen (secondary N) is 1. The van der Waals surface area contributed by atoms with E-state index in [-0.39, 0.29) is 0 Å². The molecule has 0 amide bonds. The van der Waals surface area contributed by atoms with E-state index in [0.717, 1.165) is 30.3 Å². The topological polar surface area (TPSA) is 15.3 Å². The molecule has 2 heteroatoms. The van der Waals surface area contributed by atoms with Crippen LogP contribution in [0.25, 0.3) is 0 Å². The summed E-state index contributed by atoms with van der Waals surface area (Å²) in [6, 6.07) is 0.740. The fourth-order valence-corrected chi connectivity index (χ4v) is 3.88. The van der Waals surface area contributed by atoms with Gasteiger partial charge in [0.25, 0.3) is 0 Å². The zero-order chi connectivity index (χ0) is 16.0. The van der Waals surface area contributed by atoms with Crippen LogP contribution in [0.1, 0.15) is 67.7 Å². The Morgan fingerprint density at radius 2 is 1.76 bits per heavy atom. The summed E-state index contributed by atoms with van der Waals surface area (Å²) in [7, 11) is 0. The molecule has 0 aromatic heterocycles. The van der Waals surface area contributed by atoms with Crippen LogP contribution in [0, 0.1) is 23.2 Å². The number of rotatable bonds is 8. The lowest BCUT2D eigenvalue weighted by molar-refractivity contribution is 0.0318. The molecule has 0 saturated carbocycles. The molecule has 0 aliphatic carbocycles. The average Bonchev–Trinajstić information content (AvgIpc) is 2.42. The Morgan fingerprint density at radius 1 is 1.14 bits per heavy atom. The second-order valence-electron chi connectivity index (χ2n) is 8.22. The largest absolute Gasteiger partial charge is 0.316 e. The number of hydrogen-bond donors (Lipinski definition) is 1. The maximum absolute atomic E-state index is 3.73. The predicted molar refractivity (Wildman–Crippen MR) is 94.7 cm³/mol. The molecule has 3 atom stereocenters. The molecule has 0 radical (unpaired) electrons. The Kier molecular flexibility index (Phi) is 7.70. The monoisotopic (exact) mass is 296 g/mol. The minimum atomic E-state index is 0.444. The van der Waals surface area contributed by atoms with E-state index in [1.54, 1.807) is 0 Å². The van der Waals surface area contributed by atoms with Gasteiger partial charge in [0.15, 0.2) is 0 Å². The van der Waals surface area contributed by atoms with Crippen LogP contribution in [0.4, 0.5) is 0 Å². The van der Waals surface area contributed by atoms with Gasteiger partial charge in [-0.25, -0.2) is 0 Å². The molecule has 1 saturated heterocycles. The van der Waals surface area contributed by atoms with Gasteiger partial charge in [-0.1, -0.05) is 41.5 Å². The van der Waals surface area contributed by atoms with Crippen LogP contribution in [-0.2, 0) is 0 Å². The standard InChI is InChI=1S/C19H40N2/c1-8-19(9-2,13-20-11-15(3)4)14-21-12-16(5)10-17(6)18(21)7/h15-18,20H,8-14H2,1-7H3. The third kappa shape index (κ3) is 5.56. The molecule has 1 fully saturated rings. The van der Waals surface area contributed by atoms with Gasteiger partial charge in [-0.05, 0) is 55.9 Å². The van der Waals surface area contributed by atoms with E-state index in [1.807, 2.05) is 0 Å². The van der Waals surface area contributed by atoms with Crippen molar-refractivity contribution in [3.8, 4) is 0 Å². The van der Waals surface area contributed by atoms with E-state index in [1.165, 1.54) is 38.9 Å². The fraction of sp³-hybridized carbons (Fsp3) is 1.00. The minimum Gasteiger partial charge on any atom is -0.316 e. The fourth-order valence-electron chi connectivity index (χ4n) is 3.88. The van der Waals surface area contributed by atoms with Crippen molar-refractivity contribution >= 4 is 0 Å². The Hall–Kier alpha value is -0.0800. The summed E-state index contributed by atoms with van der Waals surface area (Å²) in [5.74, 6) is 2.43. The van der Waals surface area contributed by atoms with Crippen LogP contribution in [0.5, 0.6) is 0 Å². The van der Waals surface area contributed by atoms with Gasteiger partial charge in [-0.15, -0.1) is 0 Å². The summed E-state index contributed by atoms with van der Waals surface area (Å²) < 4.78 is 0. The maximum atomic E-state index is 3.73. The lowest BCUT2D eigenvalue weighted by atomic mass is 9.78. The van der Waals surface area contributed by atoms with E-state index in [4.69, 9.17) is 0 Å². The molecule has 0 aromatic rings. The summed E-state index contributed by atoms with van der Waals surface area (Å²) >= 11 is 0. The molecular formula is C19H40N2. The summed E-state index contributed by atoms with van der Waals surface area (Å²) in [4.78, 5) is 2.78. The van der Waals surface area contributed by atoms with Crippen molar-refractivity contribution in [2.45, 2.75) is 73.8 Å². The van der Waals surface area contributed by atoms with E-state index in [2.05, 4.69) is 58.7 Å². The Morgan fingerprint density at radius 3 is 2.29 bits per heavy atom. The van der Waals surface area contributed by atoms with E-state index in [0.29, 0.717) is 5.41 Å². The second-order valence-corrected chi connectivity index (χ2v) is 8.22. The van der Waals surface area contributed by atoms with Crippen molar-refractivity contribution in [3.05, 3.63) is 0 Å². The quantitative estimate of drug-likeness (QED) is 0.714. The number of likely N-dealkylation sites (tertiary alicyclic amines) is 1. The van der Waals surface area contributed by atoms with Gasteiger partial charge in [-0.3, -0.25) is 4.90 Å². The average molecular weight is 297 g/mol. The van der Waals surface area contributed by atoms with E-state index >= 15 is 0 Å². The molecule has 126 valence electrons. The van der Waals surface area contributed by atoms with Gasteiger partial charge in [0, 0.05) is 25.7 Å². The first kappa shape index (κ1) is 19.0. The molecule has 2 nitrogen and oxygen atoms in total. The van der Waals surface area contributed by atoms with Gasteiger partial charge in [0.05, 0.1) is 0 Å². The SMILES string of the molecule is CCC(CC)(CNCC(C)C)CN1CC(C)CC(C)C1C. The lowest BCUT2D eigenvalue weighted by Crippen LogP contribution is -2.52. The number of hydrogen-bond acceptors (Lipinski definition) is 2. The van der Waals surface area contributed by atoms with Crippen molar-refractivity contribution in [1.29, 1.82) is 0 Å². The molecular weight excluding hydrogens is 256 g/mol. The zero-order valence-electron chi connectivity index (χ0n) is 15.7. The first-order chi connectivity index (χ1) is 9.83. The number of piperidine rings is 1. The molecule has 1 aliphatic rings. The van der Waals surface area contributed by atoms with E-state index in [9.17, 15) is 0 Å². The highest BCUT2D eigenvalue weighted by molar-refractivity contribution is 4.89. The predicted octanol–water partition coefficient (Wildman–Crippen LogP) is 4.40. The highest BCUT2D eigenvalue weighted by atomic mass is 15.2. The Labute approximate surface area is 134 Å². The minimum absolute atomic E-state index is 0.444. The van der Waals surface area contributed by atoms with Crippen molar-refractivity contribution in [3.63, 3.8) is 0 Å². The third-order valence-electron chi connectivity index (χ3n) is 5.81. The molecule has 1 aliphatic heterocycles. The third-order valence-corrected chi connectivity index (χ3v) is 5.81. The molecule has 1 N–H and O–H groups in total. The van der Waals surface area contributed by atoms with Crippen LogP contribution < -0.4 is 5.32 Å². The van der Waals surface area contributed by atoms with Crippen LogP contribution in [0.2, 0.25) is 0 Å². The summed E-state index contributed by atoms with van der Waals surface area (Å²) in [6.07, 6.45) is 3.95. The second kappa shape index (κ2) is 8.53. The van der Waals surface area contributed by atoms with Gasteiger partial charge in [0.1, 0.15) is 0 Å². The molecule has 1 rings (SSSR count). The van der Waals surface area contributed by atoms with Gasteiger partial charge >= 0.3 is 0 Å². The summed E-state index contributed by atoms with van der Waals surface area (Å²) in [5.41, 5.74) is 0.444. The molecule has 0 bridgehead atoms. The van der Waals surface area contributed by atoms with Crippen LogP contribution in [0.15, 0.2) is 0 Å². The molecule has 21 heavy (non-hydrogen) atoms. The van der Waals surface area contributed by atoms with Gasteiger partial charge in [-0.2, -0.15) is 0 Å². The van der Waals surface area contributed by atoms with Crippen LogP contribution in [-0.4, -0.2) is 37.1 Å². The van der Waals surface area contributed by atoms with Crippen molar-refractivity contribution < 1.29 is 0 Å². The molecule has 0 spiro atoms. The first-order valence-electron chi connectivity index (χ1n) is 9.28. The van der Waals surface area contributed by atoms with Gasteiger partial charge in [0.2, 0.25) is 0 Å². The highest BCUT2D eigenvalue weighted by Crippen LogP contribution is 2.33. The molecule has 3 unspecified atom stereocenters. The van der Waals surface area contributed by atoms with Gasteiger partial charge < -0.3 is 5.32 Å².